The molecule has 25 heteroatoms. The second kappa shape index (κ2) is 17.7. The number of oxime groups is 1. The van der Waals surface area contributed by atoms with Gasteiger partial charge in [0.25, 0.3) is 17.9 Å². The van der Waals surface area contributed by atoms with Crippen LogP contribution in [0.4, 0.5) is 14.7 Å². The summed E-state index contributed by atoms with van der Waals surface area (Å²) in [6, 6.07) is 3.69. The number of hydrogen-bond acceptors (Lipinski definition) is 17. The van der Waals surface area contributed by atoms with Gasteiger partial charge in [-0.2, -0.15) is 18.2 Å². The van der Waals surface area contributed by atoms with Crippen molar-refractivity contribution in [3.8, 4) is 5.75 Å². The number of β-lactam (4-membered cyclic amide) rings is 1. The fraction of sp³-hybridized carbons (Fsp3) is 0.590. The molecule has 4 heterocycles. The Kier molecular flexibility index (Phi) is 13.7. The summed E-state index contributed by atoms with van der Waals surface area (Å²) in [5.41, 5.74) is -5.23. The maximum atomic E-state index is 13.9. The number of hydrogen-bond donors (Lipinski definition) is 4. The number of esters is 1. The minimum absolute atomic E-state index is 0.0215. The van der Waals surface area contributed by atoms with Crippen LogP contribution >= 0.6 is 11.3 Å². The molecule has 0 bridgehead atoms. The van der Waals surface area contributed by atoms with E-state index >= 15 is 0 Å². The molecule has 5 rings (SSSR count). The number of thiazole rings is 1. The molecule has 2 aliphatic rings. The fourth-order valence-electron chi connectivity index (χ4n) is 6.33. The number of amides is 4. The van der Waals surface area contributed by atoms with Gasteiger partial charge in [0.05, 0.1) is 30.2 Å². The van der Waals surface area contributed by atoms with Crippen molar-refractivity contribution in [1.82, 2.24) is 24.9 Å². The number of β-amino-alcohol motifs (C(OH)–C–C–N with tert-alkyl or cyclic N) is 1. The van der Waals surface area contributed by atoms with Crippen molar-refractivity contribution in [3.05, 3.63) is 35.5 Å². The number of nitrogens with one attached hydrogen (secondary N) is 2. The lowest BCUT2D eigenvalue weighted by Crippen LogP contribution is -2.76. The van der Waals surface area contributed by atoms with E-state index in [0.717, 1.165) is 16.9 Å². The first-order chi connectivity index (χ1) is 29.2. The Bertz CT molecular complexity index is 2440. The van der Waals surface area contributed by atoms with Crippen molar-refractivity contribution < 1.29 is 74.8 Å². The molecule has 0 saturated carbocycles. The van der Waals surface area contributed by atoms with Gasteiger partial charge in [0.1, 0.15) is 53.0 Å². The van der Waals surface area contributed by atoms with Crippen LogP contribution in [0.15, 0.2) is 34.9 Å². The van der Waals surface area contributed by atoms with Crippen LogP contribution in [0.2, 0.25) is 0 Å². The number of aromatic nitrogens is 3. The number of benzene rings is 1. The summed E-state index contributed by atoms with van der Waals surface area (Å²) in [4.78, 5) is 76.6. The van der Waals surface area contributed by atoms with Gasteiger partial charge in [-0.15, -0.1) is 20.3 Å². The van der Waals surface area contributed by atoms with Crippen molar-refractivity contribution in [2.45, 2.75) is 123 Å². The largest absolute Gasteiger partial charge is 0.489 e. The van der Waals surface area contributed by atoms with Gasteiger partial charge in [0.2, 0.25) is 5.52 Å². The van der Waals surface area contributed by atoms with E-state index in [2.05, 4.69) is 25.1 Å². The van der Waals surface area contributed by atoms with Gasteiger partial charge in [-0.25, -0.2) is 19.4 Å². The van der Waals surface area contributed by atoms with E-state index < -0.39 is 92.8 Å². The molecule has 2 fully saturated rings. The number of fused-ring (bicyclic) bond motifs is 1. The van der Waals surface area contributed by atoms with Crippen molar-refractivity contribution in [1.29, 1.82) is 0 Å². The molecule has 2 unspecified atom stereocenters. The van der Waals surface area contributed by atoms with Crippen LogP contribution in [0, 0.1) is 0 Å². The van der Waals surface area contributed by atoms with E-state index in [1.165, 1.54) is 24.1 Å². The van der Waals surface area contributed by atoms with Gasteiger partial charge in [-0.1, -0.05) is 5.16 Å². The lowest BCUT2D eigenvalue weighted by atomic mass is 9.84. The zero-order valence-corrected chi connectivity index (χ0v) is 39.2. The Balaban J connectivity index is 1.37. The number of carbonyl (C=O) groups excluding carboxylic acids is 5. The lowest BCUT2D eigenvalue weighted by Gasteiger charge is -2.50. The summed E-state index contributed by atoms with van der Waals surface area (Å²) in [5.74, 6) is -2.75. The molecule has 0 spiro atoms. The fourth-order valence-corrected chi connectivity index (χ4v) is 7.47. The minimum Gasteiger partial charge on any atom is -0.489 e. The summed E-state index contributed by atoms with van der Waals surface area (Å²) in [7, 11) is -3.29. The van der Waals surface area contributed by atoms with Crippen LogP contribution in [-0.4, -0.2) is 133 Å². The molecule has 2 aliphatic heterocycles. The van der Waals surface area contributed by atoms with E-state index in [1.807, 2.05) is 4.68 Å². The Morgan fingerprint density at radius 3 is 2.22 bits per heavy atom. The van der Waals surface area contributed by atoms with Gasteiger partial charge < -0.3 is 39.1 Å². The van der Waals surface area contributed by atoms with Crippen molar-refractivity contribution >= 4 is 73.5 Å². The summed E-state index contributed by atoms with van der Waals surface area (Å²) >= 11 is 0.882. The number of likely N-dealkylation sites (tertiary alicyclic amines) is 1. The highest BCUT2D eigenvalue weighted by Crippen LogP contribution is 2.33. The first-order valence-corrected chi connectivity index (χ1v) is 22.0. The third kappa shape index (κ3) is 12.5. The second-order valence-corrected chi connectivity index (χ2v) is 20.6. The molecule has 3 aromatic rings. The van der Waals surface area contributed by atoms with E-state index in [-0.39, 0.29) is 30.5 Å². The molecule has 352 valence electrons. The topological polar surface area (TPSA) is 280 Å². The summed E-state index contributed by atoms with van der Waals surface area (Å²) in [5, 5.41) is 22.4. The molecule has 0 aliphatic carbocycles. The molecule has 4 N–H and O–H groups in total. The predicted octanol–water partition coefficient (Wildman–Crippen LogP) is 2.60. The highest BCUT2D eigenvalue weighted by atomic mass is 32.3. The maximum Gasteiger partial charge on any atom is 0.418 e. The summed E-state index contributed by atoms with van der Waals surface area (Å²) < 4.78 is 62.1. The van der Waals surface area contributed by atoms with Gasteiger partial charge in [-0.05, 0) is 88.3 Å². The predicted molar refractivity (Wildman–Crippen MR) is 226 cm³/mol. The number of aryl methyl sites for hydroxylation is 1. The monoisotopic (exact) mass is 939 g/mol. The van der Waals surface area contributed by atoms with Gasteiger partial charge >= 0.3 is 28.6 Å². The molecule has 2 saturated heterocycles. The maximum absolute atomic E-state index is 13.9. The highest BCUT2D eigenvalue weighted by molar-refractivity contribution is 7.80. The van der Waals surface area contributed by atoms with Crippen LogP contribution in [0.3, 0.4) is 0 Å². The molecule has 23 nitrogen and oxygen atoms in total. The van der Waals surface area contributed by atoms with Crippen molar-refractivity contribution in [2.24, 2.45) is 12.2 Å². The Labute approximate surface area is 373 Å². The van der Waals surface area contributed by atoms with Crippen LogP contribution in [0.1, 0.15) is 81.9 Å². The molecule has 1 aromatic carbocycles. The number of carbonyl (C=O) groups is 5. The van der Waals surface area contributed by atoms with E-state index in [9.17, 15) is 37.5 Å². The van der Waals surface area contributed by atoms with E-state index in [4.69, 9.17) is 28.3 Å². The number of aliphatic hydroxyl groups is 1. The van der Waals surface area contributed by atoms with Gasteiger partial charge in [0, 0.05) is 11.4 Å². The molecule has 2 atom stereocenters. The summed E-state index contributed by atoms with van der Waals surface area (Å²) in [6.45, 7) is 17.7. The average molecular weight is 940 g/mol. The Hall–Kier alpha value is -5.63. The molecular weight excluding hydrogens is 885 g/mol. The Morgan fingerprint density at radius 1 is 1.02 bits per heavy atom. The zero-order chi connectivity index (χ0) is 48.0. The summed E-state index contributed by atoms with van der Waals surface area (Å²) in [6.07, 6.45) is -1.18. The van der Waals surface area contributed by atoms with Gasteiger partial charge in [-0.3, -0.25) is 19.5 Å². The smallest absolute Gasteiger partial charge is 0.418 e. The number of nitrogens with zero attached hydrogens (tertiary/aromatic N) is 6. The van der Waals surface area contributed by atoms with E-state index in [1.54, 1.807) is 98.4 Å². The van der Waals surface area contributed by atoms with Crippen LogP contribution in [-0.2, 0) is 61.7 Å². The highest BCUT2D eigenvalue weighted by Gasteiger charge is 2.58. The molecule has 4 amide bonds. The quantitative estimate of drug-likeness (QED) is 0.0344. The van der Waals surface area contributed by atoms with Gasteiger partial charge in [0.15, 0.2) is 17.9 Å². The normalized spacial score (nSPS) is 18.1. The number of hydroxylamine groups is 2. The number of ether oxygens (including phenoxy) is 4. The third-order valence-electron chi connectivity index (χ3n) is 9.13. The average Bonchev–Trinajstić information content (AvgIpc) is 3.69. The van der Waals surface area contributed by atoms with E-state index in [0.29, 0.717) is 16.2 Å². The SMILES string of the molecule is C[n+]1c2ccc(OCC(O/N=C(\C(=O)NC3C(=O)N(OS(=O)(=O)O)C3(C)C)c3csc(NC(=O)OC(C)(C)C)n3)C(=O)OC(C)(C)C)cc2cn1CC1(O)CN(C(=O)OC(C)(C)C)C1. The third-order valence-corrected chi connectivity index (χ3v) is 10.2. The van der Waals surface area contributed by atoms with Crippen molar-refractivity contribution in [3.63, 3.8) is 0 Å². The zero-order valence-electron chi connectivity index (χ0n) is 37.6. The molecule has 0 radical (unpaired) electrons. The minimum atomic E-state index is -5.10. The molecular formula is C39H55N8O15S2+. The Morgan fingerprint density at radius 2 is 1.64 bits per heavy atom. The number of rotatable bonds is 14. The second-order valence-electron chi connectivity index (χ2n) is 18.8. The molecule has 2 aromatic heterocycles. The number of anilines is 1. The standard InChI is InChI=1S/C39H54N8O15S2/c1-35(2,3)58-31(50)26(17-57-23-13-14-25-22(15-23)16-46(44(25)12)21-39(53)19-45(20-39)34(52)60-37(7,8)9)61-43-27(24-18-63-32(40-24)42-33(51)59-36(4,5)6)29(48)41-28-30(49)47(38(28,10)11)62-64(54,55)56/h13-16,18,26,28,53H,17,19-21H2,1-12H3,(H2-,40,41,42,48,51,54,55,56)/p+1/b43-27-. The van der Waals surface area contributed by atoms with Crippen LogP contribution < -0.4 is 20.1 Å². The lowest BCUT2D eigenvalue weighted by molar-refractivity contribution is -0.732. The first kappa shape index (κ1) is 49.4. The van der Waals surface area contributed by atoms with Crippen molar-refractivity contribution in [2.75, 3.05) is 25.0 Å². The van der Waals surface area contributed by atoms with Crippen LogP contribution in [0.25, 0.3) is 10.9 Å². The molecule has 64 heavy (non-hydrogen) atoms. The van der Waals surface area contributed by atoms with Crippen LogP contribution in [0.5, 0.6) is 5.75 Å². The first-order valence-electron chi connectivity index (χ1n) is 19.8.